The maximum absolute atomic E-state index is 15.2. The molecule has 0 amide bonds. The fraction of sp³-hybridized carbons (Fsp3) is 0.833. The Bertz CT molecular complexity index is 556. The number of esters is 3. The second-order valence-corrected chi connectivity index (χ2v) is 6.70. The van der Waals surface area contributed by atoms with E-state index in [2.05, 4.69) is 4.74 Å². The van der Waals surface area contributed by atoms with Crippen LogP contribution < -0.4 is 0 Å². The van der Waals surface area contributed by atoms with E-state index in [1.807, 2.05) is 0 Å². The minimum atomic E-state index is -3.35. The molecule has 0 saturated carbocycles. The van der Waals surface area contributed by atoms with Crippen molar-refractivity contribution in [2.75, 3.05) is 6.61 Å². The summed E-state index contributed by atoms with van der Waals surface area (Å²) in [6.07, 6.45) is -5.43. The van der Waals surface area contributed by atoms with E-state index in [0.29, 0.717) is 0 Å². The highest BCUT2D eigenvalue weighted by Gasteiger charge is 2.61. The number of carbonyl (C=O) groups excluding carboxylic acids is 3. The first-order chi connectivity index (χ1) is 12.5. The second-order valence-electron chi connectivity index (χ2n) is 6.70. The van der Waals surface area contributed by atoms with E-state index in [9.17, 15) is 18.8 Å². The van der Waals surface area contributed by atoms with E-state index in [1.54, 1.807) is 13.8 Å². The lowest BCUT2D eigenvalue weighted by atomic mass is 9.78. The number of hydrogen-bond donors (Lipinski definition) is 0. The highest BCUT2D eigenvalue weighted by molar-refractivity contribution is 5.79. The summed E-state index contributed by atoms with van der Waals surface area (Å²) in [5.41, 5.74) is 0. The fourth-order valence-electron chi connectivity index (χ4n) is 3.17. The first-order valence-electron chi connectivity index (χ1n) is 9.01. The second kappa shape index (κ2) is 9.43. The Hall–Kier alpha value is -1.77. The largest absolute Gasteiger partial charge is 0.462 e. The Morgan fingerprint density at radius 2 is 1.63 bits per heavy atom. The predicted octanol–water partition coefficient (Wildman–Crippen LogP) is 2.50. The van der Waals surface area contributed by atoms with Gasteiger partial charge in [-0.2, -0.15) is 4.39 Å². The summed E-state index contributed by atoms with van der Waals surface area (Å²) >= 11 is 0. The zero-order valence-corrected chi connectivity index (χ0v) is 16.5. The molecule has 1 fully saturated rings. The zero-order chi connectivity index (χ0) is 20.9. The van der Waals surface area contributed by atoms with Gasteiger partial charge in [-0.05, 0) is 25.2 Å². The molecule has 27 heavy (non-hydrogen) atoms. The highest BCUT2D eigenvalue weighted by atomic mass is 19.2. The quantitative estimate of drug-likeness (QED) is 0.484. The van der Waals surface area contributed by atoms with Crippen LogP contribution in [-0.4, -0.2) is 54.9 Å². The Labute approximate surface area is 157 Å². The molecule has 0 bridgehead atoms. The number of halogens is 2. The van der Waals surface area contributed by atoms with Crippen LogP contribution in [0.5, 0.6) is 0 Å². The van der Waals surface area contributed by atoms with Crippen LogP contribution in [0.4, 0.5) is 8.78 Å². The van der Waals surface area contributed by atoms with Gasteiger partial charge in [0.25, 0.3) is 0 Å². The molecule has 1 heterocycles. The van der Waals surface area contributed by atoms with Crippen molar-refractivity contribution in [1.82, 2.24) is 0 Å². The lowest BCUT2D eigenvalue weighted by molar-refractivity contribution is -0.294. The van der Waals surface area contributed by atoms with E-state index in [-0.39, 0.29) is 13.0 Å². The van der Waals surface area contributed by atoms with Crippen LogP contribution in [-0.2, 0) is 33.3 Å². The molecule has 0 radical (unpaired) electrons. The lowest BCUT2D eigenvalue weighted by Gasteiger charge is -2.46. The summed E-state index contributed by atoms with van der Waals surface area (Å²) in [6, 6.07) is 0. The molecular formula is C18H28F2O7. The van der Waals surface area contributed by atoms with Crippen LogP contribution in [0.1, 0.15) is 48.0 Å². The Kier molecular flexibility index (Phi) is 8.13. The van der Waals surface area contributed by atoms with Crippen LogP contribution in [0, 0.1) is 11.8 Å². The van der Waals surface area contributed by atoms with Gasteiger partial charge in [-0.15, -0.1) is 0 Å². The van der Waals surface area contributed by atoms with Crippen molar-refractivity contribution in [2.45, 2.75) is 78.3 Å². The number of rotatable bonds is 7. The van der Waals surface area contributed by atoms with Gasteiger partial charge in [0.15, 0.2) is 12.3 Å². The van der Waals surface area contributed by atoms with Gasteiger partial charge in [0.05, 0.1) is 6.61 Å². The average molecular weight is 394 g/mol. The molecule has 1 saturated heterocycles. The number of carbonyl (C=O) groups is 3. The molecule has 5 unspecified atom stereocenters. The highest BCUT2D eigenvalue weighted by Crippen LogP contribution is 2.43. The van der Waals surface area contributed by atoms with E-state index < -0.39 is 60.1 Å². The SMILES string of the molecule is CCOC(=O)C1(F)OC([C@H](OC(C)=O)[C@@H](CC)OC(C)=O)C(C)C(C)C1F. The third kappa shape index (κ3) is 5.15. The van der Waals surface area contributed by atoms with E-state index in [4.69, 9.17) is 14.2 Å². The minimum absolute atomic E-state index is 0.159. The minimum Gasteiger partial charge on any atom is -0.462 e. The summed E-state index contributed by atoms with van der Waals surface area (Å²) in [7, 11) is 0. The first-order valence-corrected chi connectivity index (χ1v) is 9.01. The van der Waals surface area contributed by atoms with Crippen LogP contribution in [0.25, 0.3) is 0 Å². The molecule has 7 atom stereocenters. The van der Waals surface area contributed by atoms with Gasteiger partial charge in [-0.3, -0.25) is 9.59 Å². The maximum atomic E-state index is 15.2. The zero-order valence-electron chi connectivity index (χ0n) is 16.5. The van der Waals surface area contributed by atoms with Crippen LogP contribution in [0.2, 0.25) is 0 Å². The summed E-state index contributed by atoms with van der Waals surface area (Å²) in [5.74, 6) is -7.77. The van der Waals surface area contributed by atoms with Crippen molar-refractivity contribution in [2.24, 2.45) is 11.8 Å². The van der Waals surface area contributed by atoms with Gasteiger partial charge in [-0.25, -0.2) is 9.18 Å². The smallest absolute Gasteiger partial charge is 0.375 e. The molecule has 0 aromatic heterocycles. The summed E-state index contributed by atoms with van der Waals surface area (Å²) in [5, 5.41) is 0. The predicted molar refractivity (Wildman–Crippen MR) is 90.0 cm³/mol. The van der Waals surface area contributed by atoms with Gasteiger partial charge < -0.3 is 18.9 Å². The molecule has 9 heteroatoms. The summed E-state index contributed by atoms with van der Waals surface area (Å²) in [6.45, 7) is 8.30. The topological polar surface area (TPSA) is 88.1 Å². The van der Waals surface area contributed by atoms with Crippen LogP contribution >= 0.6 is 0 Å². The van der Waals surface area contributed by atoms with Crippen LogP contribution in [0.3, 0.4) is 0 Å². The Balaban J connectivity index is 3.30. The summed E-state index contributed by atoms with van der Waals surface area (Å²) < 4.78 is 50.2. The van der Waals surface area contributed by atoms with Crippen molar-refractivity contribution < 1.29 is 42.1 Å². The van der Waals surface area contributed by atoms with Crippen molar-refractivity contribution in [1.29, 1.82) is 0 Å². The standard InChI is InChI=1S/C18H28F2O7/c1-7-13(25-11(5)21)15(26-12(6)22)14-9(3)10(4)16(19)18(20,27-14)17(23)24-8-2/h9-10,13-16H,7-8H2,1-6H3/t9?,10?,13-,14?,15-,16?,18?/m1/s1. The first kappa shape index (κ1) is 23.3. The van der Waals surface area contributed by atoms with Gasteiger partial charge in [0.1, 0.15) is 12.2 Å². The van der Waals surface area contributed by atoms with Crippen LogP contribution in [0.15, 0.2) is 0 Å². The molecule has 156 valence electrons. The monoisotopic (exact) mass is 394 g/mol. The number of alkyl halides is 2. The van der Waals surface area contributed by atoms with Gasteiger partial charge in [-0.1, -0.05) is 20.8 Å². The van der Waals surface area contributed by atoms with Crippen molar-refractivity contribution in [3.63, 3.8) is 0 Å². The average Bonchev–Trinajstić information content (AvgIpc) is 2.59. The van der Waals surface area contributed by atoms with E-state index in [1.165, 1.54) is 20.8 Å². The third-order valence-corrected chi connectivity index (χ3v) is 4.74. The van der Waals surface area contributed by atoms with Crippen molar-refractivity contribution >= 4 is 17.9 Å². The Morgan fingerprint density at radius 3 is 2.07 bits per heavy atom. The number of hydrogen-bond acceptors (Lipinski definition) is 7. The molecule has 7 nitrogen and oxygen atoms in total. The fourth-order valence-corrected chi connectivity index (χ4v) is 3.17. The summed E-state index contributed by atoms with van der Waals surface area (Å²) in [4.78, 5) is 35.0. The molecule has 0 spiro atoms. The molecule has 0 aromatic rings. The van der Waals surface area contributed by atoms with Gasteiger partial charge >= 0.3 is 23.8 Å². The van der Waals surface area contributed by atoms with Gasteiger partial charge in [0, 0.05) is 13.8 Å². The molecule has 0 N–H and O–H groups in total. The van der Waals surface area contributed by atoms with Crippen molar-refractivity contribution in [3.8, 4) is 0 Å². The van der Waals surface area contributed by atoms with E-state index in [0.717, 1.165) is 6.92 Å². The lowest BCUT2D eigenvalue weighted by Crippen LogP contribution is -2.63. The molecule has 1 rings (SSSR count). The Morgan fingerprint density at radius 1 is 1.07 bits per heavy atom. The molecule has 0 aliphatic carbocycles. The number of ether oxygens (including phenoxy) is 4. The van der Waals surface area contributed by atoms with E-state index >= 15 is 4.39 Å². The molecule has 1 aliphatic rings. The molecule has 1 aliphatic heterocycles. The molecule has 0 aromatic carbocycles. The third-order valence-electron chi connectivity index (χ3n) is 4.74. The normalized spacial score (nSPS) is 32.9. The maximum Gasteiger partial charge on any atom is 0.375 e. The van der Waals surface area contributed by atoms with Gasteiger partial charge in [0.2, 0.25) is 0 Å². The van der Waals surface area contributed by atoms with Crippen molar-refractivity contribution in [3.05, 3.63) is 0 Å². The molecular weight excluding hydrogens is 366 g/mol.